The first-order valence-electron chi connectivity index (χ1n) is 8.29. The summed E-state index contributed by atoms with van der Waals surface area (Å²) in [5.41, 5.74) is 4.37. The minimum atomic E-state index is -0.230. The third-order valence-electron chi connectivity index (χ3n) is 3.42. The van der Waals surface area contributed by atoms with E-state index < -0.39 is 0 Å². The Morgan fingerprint density at radius 3 is 2.59 bits per heavy atom. The highest BCUT2D eigenvalue weighted by atomic mass is 32.2. The lowest BCUT2D eigenvalue weighted by Gasteiger charge is -2.08. The van der Waals surface area contributed by atoms with Crippen molar-refractivity contribution in [1.82, 2.24) is 15.4 Å². The summed E-state index contributed by atoms with van der Waals surface area (Å²) in [5.74, 6) is 0.658. The number of rotatable bonds is 8. The maximum Gasteiger partial charge on any atom is 0.250 e. The van der Waals surface area contributed by atoms with Crippen LogP contribution in [0.3, 0.4) is 0 Å². The van der Waals surface area contributed by atoms with Crippen molar-refractivity contribution in [3.63, 3.8) is 0 Å². The third-order valence-corrected chi connectivity index (χ3v) is 4.30. The molecule has 27 heavy (non-hydrogen) atoms. The van der Waals surface area contributed by atoms with E-state index in [4.69, 9.17) is 4.74 Å². The highest BCUT2D eigenvalue weighted by Gasteiger charge is 2.04. The van der Waals surface area contributed by atoms with Gasteiger partial charge in [0.15, 0.2) is 5.16 Å². The highest BCUT2D eigenvalue weighted by Crippen LogP contribution is 2.17. The number of amides is 1. The number of ether oxygens (including phenoxy) is 1. The van der Waals surface area contributed by atoms with Gasteiger partial charge in [-0.1, -0.05) is 54.2 Å². The molecule has 1 N–H and O–H groups in total. The average molecular weight is 378 g/mol. The van der Waals surface area contributed by atoms with Crippen LogP contribution in [0.5, 0.6) is 5.75 Å². The molecule has 1 aromatic heterocycles. The molecule has 2 aromatic carbocycles. The summed E-state index contributed by atoms with van der Waals surface area (Å²) >= 11 is 1.25. The molecule has 0 aliphatic rings. The zero-order chi connectivity index (χ0) is 18.7. The Bertz CT molecular complexity index is 889. The molecule has 0 bridgehead atoms. The van der Waals surface area contributed by atoms with E-state index in [1.807, 2.05) is 54.6 Å². The fourth-order valence-corrected chi connectivity index (χ4v) is 2.75. The number of thioether (sulfide) groups is 1. The van der Waals surface area contributed by atoms with E-state index in [9.17, 15) is 4.79 Å². The second-order valence-electron chi connectivity index (χ2n) is 5.43. The van der Waals surface area contributed by atoms with Gasteiger partial charge in [0.2, 0.25) is 0 Å². The minimum absolute atomic E-state index is 0.188. The molecule has 0 atom stereocenters. The van der Waals surface area contributed by atoms with Crippen molar-refractivity contribution in [3.05, 3.63) is 84.2 Å². The molecule has 0 radical (unpaired) electrons. The van der Waals surface area contributed by atoms with Crippen molar-refractivity contribution in [1.29, 1.82) is 0 Å². The molecular weight excluding hydrogens is 360 g/mol. The second kappa shape index (κ2) is 10.1. The van der Waals surface area contributed by atoms with E-state index in [2.05, 4.69) is 20.5 Å². The lowest BCUT2D eigenvalue weighted by Crippen LogP contribution is -2.19. The van der Waals surface area contributed by atoms with Gasteiger partial charge < -0.3 is 4.74 Å². The summed E-state index contributed by atoms with van der Waals surface area (Å²) in [6.07, 6.45) is 4.84. The van der Waals surface area contributed by atoms with Gasteiger partial charge in [0.05, 0.1) is 12.0 Å². The van der Waals surface area contributed by atoms with Crippen LogP contribution in [0.15, 0.2) is 83.3 Å². The van der Waals surface area contributed by atoms with Gasteiger partial charge in [-0.15, -0.1) is 0 Å². The molecule has 6 nitrogen and oxygen atoms in total. The third kappa shape index (κ3) is 6.23. The predicted octanol–water partition coefficient (Wildman–Crippen LogP) is 3.30. The van der Waals surface area contributed by atoms with Crippen molar-refractivity contribution < 1.29 is 9.53 Å². The molecule has 1 amide bonds. The number of para-hydroxylation sites is 1. The normalized spacial score (nSPS) is 10.7. The molecule has 0 spiro atoms. The number of benzene rings is 2. The second-order valence-corrected chi connectivity index (χ2v) is 6.37. The Kier molecular flexibility index (Phi) is 6.94. The van der Waals surface area contributed by atoms with Crippen LogP contribution in [-0.4, -0.2) is 27.8 Å². The first-order valence-corrected chi connectivity index (χ1v) is 9.27. The number of carbonyl (C=O) groups is 1. The quantitative estimate of drug-likeness (QED) is 0.282. The van der Waals surface area contributed by atoms with Crippen molar-refractivity contribution in [2.75, 3.05) is 5.75 Å². The van der Waals surface area contributed by atoms with E-state index in [1.165, 1.54) is 11.8 Å². The van der Waals surface area contributed by atoms with Gasteiger partial charge in [-0.2, -0.15) is 5.10 Å². The van der Waals surface area contributed by atoms with Crippen LogP contribution in [0.25, 0.3) is 0 Å². The summed E-state index contributed by atoms with van der Waals surface area (Å²) in [7, 11) is 0. The lowest BCUT2D eigenvalue weighted by molar-refractivity contribution is -0.118. The molecule has 7 heteroatoms. The molecule has 0 fully saturated rings. The molecule has 3 aromatic rings. The number of nitrogens with zero attached hydrogens (tertiary/aromatic N) is 3. The Balaban J connectivity index is 1.51. The highest BCUT2D eigenvalue weighted by molar-refractivity contribution is 7.99. The molecule has 0 saturated heterocycles. The zero-order valence-electron chi connectivity index (χ0n) is 14.5. The van der Waals surface area contributed by atoms with Gasteiger partial charge in [-0.3, -0.25) is 4.79 Å². The standard InChI is InChI=1S/C20H18N4O2S/c25-19(15-27-20-21-11-6-12-22-20)24-23-13-17-9-4-5-10-18(17)26-14-16-7-2-1-3-8-16/h1-13H,14-15H2,(H,24,25)/b23-13-. The molecule has 136 valence electrons. The number of hydrogen-bond donors (Lipinski definition) is 1. The predicted molar refractivity (Wildman–Crippen MR) is 106 cm³/mol. The monoisotopic (exact) mass is 378 g/mol. The number of carbonyl (C=O) groups excluding carboxylic acids is 1. The van der Waals surface area contributed by atoms with E-state index in [0.29, 0.717) is 17.5 Å². The number of hydrazone groups is 1. The van der Waals surface area contributed by atoms with Crippen LogP contribution in [0.4, 0.5) is 0 Å². The first-order chi connectivity index (χ1) is 13.3. The van der Waals surface area contributed by atoms with Crippen molar-refractivity contribution in [2.45, 2.75) is 11.8 Å². The fraction of sp³-hybridized carbons (Fsp3) is 0.100. The Morgan fingerprint density at radius 1 is 1.04 bits per heavy atom. The smallest absolute Gasteiger partial charge is 0.250 e. The van der Waals surface area contributed by atoms with Gasteiger partial charge in [-0.25, -0.2) is 15.4 Å². The summed E-state index contributed by atoms with van der Waals surface area (Å²) < 4.78 is 5.86. The van der Waals surface area contributed by atoms with Crippen LogP contribution in [-0.2, 0) is 11.4 Å². The Hall–Kier alpha value is -3.19. The number of hydrogen-bond acceptors (Lipinski definition) is 6. The lowest BCUT2D eigenvalue weighted by atomic mass is 10.2. The van der Waals surface area contributed by atoms with Crippen LogP contribution in [0, 0.1) is 0 Å². The van der Waals surface area contributed by atoms with Gasteiger partial charge in [-0.05, 0) is 23.8 Å². The van der Waals surface area contributed by atoms with Crippen LogP contribution < -0.4 is 10.2 Å². The molecule has 0 saturated carbocycles. The summed E-state index contributed by atoms with van der Waals surface area (Å²) in [6.45, 7) is 0.464. The van der Waals surface area contributed by atoms with Gasteiger partial charge in [0, 0.05) is 18.0 Å². The summed E-state index contributed by atoms with van der Waals surface area (Å²) in [5, 5.41) is 4.56. The zero-order valence-corrected chi connectivity index (χ0v) is 15.3. The maximum absolute atomic E-state index is 11.9. The van der Waals surface area contributed by atoms with E-state index in [1.54, 1.807) is 24.7 Å². The molecule has 1 heterocycles. The SMILES string of the molecule is O=C(CSc1ncccn1)N/N=C\c1ccccc1OCc1ccccc1. The van der Waals surface area contributed by atoms with Gasteiger partial charge in [0.1, 0.15) is 12.4 Å². The van der Waals surface area contributed by atoms with E-state index in [0.717, 1.165) is 11.1 Å². The summed E-state index contributed by atoms with van der Waals surface area (Å²) in [4.78, 5) is 20.0. The van der Waals surface area contributed by atoms with Crippen molar-refractivity contribution in [2.24, 2.45) is 5.10 Å². The van der Waals surface area contributed by atoms with E-state index in [-0.39, 0.29) is 11.7 Å². The van der Waals surface area contributed by atoms with Gasteiger partial charge >= 0.3 is 0 Å². The van der Waals surface area contributed by atoms with Gasteiger partial charge in [0.25, 0.3) is 5.91 Å². The number of aromatic nitrogens is 2. The first kappa shape index (κ1) is 18.6. The fourth-order valence-electron chi connectivity index (χ4n) is 2.15. The van der Waals surface area contributed by atoms with Crippen LogP contribution >= 0.6 is 11.8 Å². The van der Waals surface area contributed by atoms with Crippen molar-refractivity contribution >= 4 is 23.9 Å². The Labute approximate surface area is 161 Å². The van der Waals surface area contributed by atoms with E-state index >= 15 is 0 Å². The molecule has 0 unspecified atom stereocenters. The molecule has 0 aliphatic carbocycles. The molecular formula is C20H18N4O2S. The minimum Gasteiger partial charge on any atom is -0.488 e. The average Bonchev–Trinajstić information content (AvgIpc) is 2.73. The summed E-state index contributed by atoms with van der Waals surface area (Å²) in [6, 6.07) is 19.2. The molecule has 3 rings (SSSR count). The maximum atomic E-state index is 11.9. The van der Waals surface area contributed by atoms with Crippen molar-refractivity contribution in [3.8, 4) is 5.75 Å². The largest absolute Gasteiger partial charge is 0.488 e. The van der Waals surface area contributed by atoms with Crippen LogP contribution in [0.1, 0.15) is 11.1 Å². The Morgan fingerprint density at radius 2 is 1.78 bits per heavy atom. The van der Waals surface area contributed by atoms with Crippen LogP contribution in [0.2, 0.25) is 0 Å². The topological polar surface area (TPSA) is 76.5 Å². The molecule has 0 aliphatic heterocycles. The number of nitrogens with one attached hydrogen (secondary N) is 1.